The van der Waals surface area contributed by atoms with Gasteiger partial charge in [-0.1, -0.05) is 18.2 Å². The van der Waals surface area contributed by atoms with Crippen molar-refractivity contribution in [3.05, 3.63) is 52.7 Å². The van der Waals surface area contributed by atoms with E-state index in [-0.39, 0.29) is 5.91 Å². The molecular weight excluding hydrogens is 332 g/mol. The van der Waals surface area contributed by atoms with E-state index in [1.165, 1.54) is 4.88 Å². The molecule has 2 N–H and O–H groups in total. The van der Waals surface area contributed by atoms with Crippen LogP contribution in [0.3, 0.4) is 0 Å². The van der Waals surface area contributed by atoms with Crippen LogP contribution in [0.4, 0.5) is 5.13 Å². The monoisotopic (exact) mass is 352 g/mol. The normalized spacial score (nSPS) is 15.4. The molecule has 1 aliphatic heterocycles. The van der Waals surface area contributed by atoms with E-state index in [2.05, 4.69) is 20.6 Å². The van der Waals surface area contributed by atoms with Gasteiger partial charge in [0.2, 0.25) is 0 Å². The third kappa shape index (κ3) is 3.41. The smallest absolute Gasteiger partial charge is 0.276 e. The van der Waals surface area contributed by atoms with Crippen molar-refractivity contribution in [1.29, 1.82) is 0 Å². The summed E-state index contributed by atoms with van der Waals surface area (Å²) in [5.74, 6) is 0.338. The van der Waals surface area contributed by atoms with Gasteiger partial charge in [-0.3, -0.25) is 10.1 Å². The van der Waals surface area contributed by atoms with E-state index in [1.54, 1.807) is 11.3 Å². The molecule has 1 aromatic carbocycles. The van der Waals surface area contributed by atoms with Crippen molar-refractivity contribution in [2.75, 3.05) is 18.4 Å². The van der Waals surface area contributed by atoms with E-state index in [0.29, 0.717) is 16.7 Å². The van der Waals surface area contributed by atoms with Crippen LogP contribution in [0, 0.1) is 6.92 Å². The SMILES string of the molecule is Cc1cc(C(=O)Nc2ncc(C3CCNCC3)s2)nc2ccccc12. The van der Waals surface area contributed by atoms with Crippen molar-refractivity contribution in [2.24, 2.45) is 0 Å². The summed E-state index contributed by atoms with van der Waals surface area (Å²) in [6.07, 6.45) is 4.15. The summed E-state index contributed by atoms with van der Waals surface area (Å²) >= 11 is 1.57. The number of piperidine rings is 1. The number of thiazole rings is 1. The molecule has 0 aliphatic carbocycles. The molecule has 1 aliphatic rings. The molecule has 0 atom stereocenters. The van der Waals surface area contributed by atoms with Crippen LogP contribution in [-0.4, -0.2) is 29.0 Å². The molecule has 4 rings (SSSR count). The maximum Gasteiger partial charge on any atom is 0.276 e. The van der Waals surface area contributed by atoms with Crippen LogP contribution in [0.15, 0.2) is 36.5 Å². The van der Waals surface area contributed by atoms with Gasteiger partial charge in [0.25, 0.3) is 5.91 Å². The molecule has 1 amide bonds. The summed E-state index contributed by atoms with van der Waals surface area (Å²) < 4.78 is 0. The lowest BCUT2D eigenvalue weighted by Crippen LogP contribution is -2.26. The Balaban J connectivity index is 1.53. The second-order valence-corrected chi connectivity index (χ2v) is 7.45. The number of carbonyl (C=O) groups is 1. The average Bonchev–Trinajstić information content (AvgIpc) is 3.11. The fourth-order valence-electron chi connectivity index (χ4n) is 3.27. The summed E-state index contributed by atoms with van der Waals surface area (Å²) in [5, 5.41) is 7.99. The minimum Gasteiger partial charge on any atom is -0.317 e. The molecule has 1 fully saturated rings. The number of para-hydroxylation sites is 1. The quantitative estimate of drug-likeness (QED) is 0.754. The number of pyridine rings is 1. The largest absolute Gasteiger partial charge is 0.317 e. The zero-order chi connectivity index (χ0) is 17.2. The van der Waals surface area contributed by atoms with E-state index in [0.717, 1.165) is 42.4 Å². The number of benzene rings is 1. The Morgan fingerprint density at radius 2 is 2.08 bits per heavy atom. The first-order chi connectivity index (χ1) is 12.2. The Kier molecular flexibility index (Phi) is 4.46. The maximum atomic E-state index is 12.6. The molecule has 0 unspecified atom stereocenters. The Bertz CT molecular complexity index is 915. The highest BCUT2D eigenvalue weighted by Gasteiger charge is 2.19. The molecule has 2 aromatic heterocycles. The summed E-state index contributed by atoms with van der Waals surface area (Å²) in [6.45, 7) is 4.09. The standard InChI is InChI=1S/C19H20N4OS/c1-12-10-16(22-15-5-3-2-4-14(12)15)18(24)23-19-21-11-17(25-19)13-6-8-20-9-7-13/h2-5,10-11,13,20H,6-9H2,1H3,(H,21,23,24). The van der Waals surface area contributed by atoms with Crippen molar-refractivity contribution in [3.63, 3.8) is 0 Å². The zero-order valence-electron chi connectivity index (χ0n) is 14.1. The van der Waals surface area contributed by atoms with Crippen molar-refractivity contribution < 1.29 is 4.79 Å². The highest BCUT2D eigenvalue weighted by molar-refractivity contribution is 7.15. The number of aryl methyl sites for hydroxylation is 1. The number of hydrogen-bond donors (Lipinski definition) is 2. The van der Waals surface area contributed by atoms with Crippen molar-refractivity contribution in [1.82, 2.24) is 15.3 Å². The first kappa shape index (κ1) is 16.2. The number of carbonyl (C=O) groups excluding carboxylic acids is 1. The number of amides is 1. The molecule has 0 saturated carbocycles. The van der Waals surface area contributed by atoms with Gasteiger partial charge in [0.05, 0.1) is 5.52 Å². The van der Waals surface area contributed by atoms with Crippen LogP contribution >= 0.6 is 11.3 Å². The summed E-state index contributed by atoms with van der Waals surface area (Å²) in [7, 11) is 0. The van der Waals surface area contributed by atoms with Crippen molar-refractivity contribution >= 4 is 33.3 Å². The van der Waals surface area contributed by atoms with Crippen molar-refractivity contribution in [2.45, 2.75) is 25.7 Å². The summed E-state index contributed by atoms with van der Waals surface area (Å²) in [6, 6.07) is 9.69. The number of nitrogens with one attached hydrogen (secondary N) is 2. The summed E-state index contributed by atoms with van der Waals surface area (Å²) in [5.41, 5.74) is 2.31. The second-order valence-electron chi connectivity index (χ2n) is 6.39. The number of anilines is 1. The fourth-order valence-corrected chi connectivity index (χ4v) is 4.25. The molecule has 5 nitrogen and oxygen atoms in total. The molecule has 0 radical (unpaired) electrons. The van der Waals surface area contributed by atoms with Crippen molar-refractivity contribution in [3.8, 4) is 0 Å². The number of aromatic nitrogens is 2. The average molecular weight is 352 g/mol. The highest BCUT2D eigenvalue weighted by atomic mass is 32.1. The van der Waals surface area contributed by atoms with Crippen LogP contribution in [-0.2, 0) is 0 Å². The fraction of sp³-hybridized carbons (Fsp3) is 0.316. The van der Waals surface area contributed by atoms with Crippen LogP contribution in [0.2, 0.25) is 0 Å². The predicted octanol–water partition coefficient (Wildman–Crippen LogP) is 3.72. The van der Waals surface area contributed by atoms with Crippen LogP contribution in [0.5, 0.6) is 0 Å². The van der Waals surface area contributed by atoms with Gasteiger partial charge in [-0.15, -0.1) is 11.3 Å². The van der Waals surface area contributed by atoms with Crippen LogP contribution in [0.25, 0.3) is 10.9 Å². The highest BCUT2D eigenvalue weighted by Crippen LogP contribution is 2.31. The molecule has 0 bridgehead atoms. The topological polar surface area (TPSA) is 66.9 Å². The van der Waals surface area contributed by atoms with Gasteiger partial charge in [-0.25, -0.2) is 9.97 Å². The number of hydrogen-bond acceptors (Lipinski definition) is 5. The minimum absolute atomic E-state index is 0.208. The molecule has 6 heteroatoms. The van der Waals surface area contributed by atoms with Gasteiger partial charge >= 0.3 is 0 Å². The lowest BCUT2D eigenvalue weighted by atomic mass is 9.97. The Morgan fingerprint density at radius 1 is 1.28 bits per heavy atom. The summed E-state index contributed by atoms with van der Waals surface area (Å²) in [4.78, 5) is 22.7. The van der Waals surface area contributed by atoms with Crippen LogP contribution < -0.4 is 10.6 Å². The van der Waals surface area contributed by atoms with E-state index < -0.39 is 0 Å². The molecular formula is C19H20N4OS. The molecule has 0 spiro atoms. The van der Waals surface area contributed by atoms with Gasteiger partial charge in [0, 0.05) is 16.5 Å². The third-order valence-electron chi connectivity index (χ3n) is 4.64. The van der Waals surface area contributed by atoms with E-state index >= 15 is 0 Å². The minimum atomic E-state index is -0.208. The van der Waals surface area contributed by atoms with Gasteiger partial charge in [-0.05, 0) is 56.5 Å². The lowest BCUT2D eigenvalue weighted by molar-refractivity contribution is 0.102. The van der Waals surface area contributed by atoms with Gasteiger partial charge in [0.1, 0.15) is 5.69 Å². The molecule has 128 valence electrons. The number of rotatable bonds is 3. The Morgan fingerprint density at radius 3 is 2.92 bits per heavy atom. The number of nitrogens with zero attached hydrogens (tertiary/aromatic N) is 2. The Hall–Kier alpha value is -2.31. The molecule has 25 heavy (non-hydrogen) atoms. The van der Waals surface area contributed by atoms with E-state index in [9.17, 15) is 4.79 Å². The van der Waals surface area contributed by atoms with Gasteiger partial charge in [0.15, 0.2) is 5.13 Å². The second kappa shape index (κ2) is 6.90. The van der Waals surface area contributed by atoms with Gasteiger partial charge in [-0.2, -0.15) is 0 Å². The van der Waals surface area contributed by atoms with Crippen LogP contribution in [0.1, 0.15) is 39.7 Å². The van der Waals surface area contributed by atoms with Gasteiger partial charge < -0.3 is 5.32 Å². The maximum absolute atomic E-state index is 12.6. The third-order valence-corrected chi connectivity index (χ3v) is 5.72. The molecule has 3 heterocycles. The predicted molar refractivity (Wildman–Crippen MR) is 101 cm³/mol. The van der Waals surface area contributed by atoms with E-state index in [4.69, 9.17) is 0 Å². The first-order valence-corrected chi connectivity index (χ1v) is 9.36. The lowest BCUT2D eigenvalue weighted by Gasteiger charge is -2.20. The molecule has 1 saturated heterocycles. The zero-order valence-corrected chi connectivity index (χ0v) is 14.9. The molecule has 3 aromatic rings. The van der Waals surface area contributed by atoms with E-state index in [1.807, 2.05) is 43.5 Å². The number of fused-ring (bicyclic) bond motifs is 1. The first-order valence-electron chi connectivity index (χ1n) is 8.55. The Labute approximate surface area is 150 Å².